The maximum Gasteiger partial charge on any atom is 0.324 e. The molecule has 1 N–H and O–H groups in total. The molecule has 0 spiro atoms. The summed E-state index contributed by atoms with van der Waals surface area (Å²) >= 11 is 1.84. The Bertz CT molecular complexity index is 512. The summed E-state index contributed by atoms with van der Waals surface area (Å²) in [6, 6.07) is 2.41. The lowest BCUT2D eigenvalue weighted by Gasteiger charge is -2.33. The number of amides is 3. The Balaban J connectivity index is 1.52. The van der Waals surface area contributed by atoms with Gasteiger partial charge in [-0.3, -0.25) is 14.6 Å². The van der Waals surface area contributed by atoms with Crippen molar-refractivity contribution in [1.82, 2.24) is 15.1 Å². The molecule has 0 bridgehead atoms. The molecule has 2 aliphatic heterocycles. The van der Waals surface area contributed by atoms with E-state index in [0.29, 0.717) is 12.6 Å². The van der Waals surface area contributed by atoms with E-state index in [0.717, 1.165) is 25.9 Å². The smallest absolute Gasteiger partial charge is 0.324 e. The van der Waals surface area contributed by atoms with Gasteiger partial charge in [-0.25, -0.2) is 4.79 Å². The molecule has 1 saturated heterocycles. The van der Waals surface area contributed by atoms with Gasteiger partial charge in [-0.15, -0.1) is 11.3 Å². The maximum atomic E-state index is 11.5. The van der Waals surface area contributed by atoms with Gasteiger partial charge in [-0.1, -0.05) is 0 Å². The molecule has 3 rings (SSSR count). The molecule has 0 aliphatic carbocycles. The molecule has 20 heavy (non-hydrogen) atoms. The fourth-order valence-corrected chi connectivity index (χ4v) is 3.94. The van der Waals surface area contributed by atoms with Crippen LogP contribution in [0.3, 0.4) is 0 Å². The van der Waals surface area contributed by atoms with Crippen molar-refractivity contribution in [3.05, 3.63) is 21.9 Å². The summed E-state index contributed by atoms with van der Waals surface area (Å²) < 4.78 is 0. The lowest BCUT2D eigenvalue weighted by atomic mass is 10.0. The zero-order chi connectivity index (χ0) is 14.1. The Hall–Kier alpha value is -1.40. The molecule has 0 saturated carbocycles. The number of rotatable bonds is 4. The minimum Gasteiger partial charge on any atom is -0.329 e. The maximum absolute atomic E-state index is 11.5. The number of fused-ring (bicyclic) bond motifs is 1. The van der Waals surface area contributed by atoms with Gasteiger partial charge in [0.25, 0.3) is 0 Å². The first-order valence-electron chi connectivity index (χ1n) is 7.05. The van der Waals surface area contributed by atoms with Crippen LogP contribution in [0.25, 0.3) is 0 Å². The van der Waals surface area contributed by atoms with Crippen molar-refractivity contribution in [2.75, 3.05) is 26.2 Å². The van der Waals surface area contributed by atoms with Crippen LogP contribution in [0.4, 0.5) is 4.79 Å². The SMILES string of the molecule is CC1c2ccsc2CCN1CCCN1C(=O)CNC1=O. The Morgan fingerprint density at radius 2 is 2.25 bits per heavy atom. The highest BCUT2D eigenvalue weighted by Crippen LogP contribution is 2.32. The Kier molecular flexibility index (Phi) is 3.76. The number of nitrogens with zero attached hydrogens (tertiary/aromatic N) is 2. The summed E-state index contributed by atoms with van der Waals surface area (Å²) in [5.74, 6) is -0.109. The number of urea groups is 1. The van der Waals surface area contributed by atoms with E-state index in [-0.39, 0.29) is 18.5 Å². The van der Waals surface area contributed by atoms with Gasteiger partial charge < -0.3 is 5.32 Å². The number of hydrogen-bond donors (Lipinski definition) is 1. The molecule has 1 aromatic rings. The first-order chi connectivity index (χ1) is 9.66. The topological polar surface area (TPSA) is 52.6 Å². The van der Waals surface area contributed by atoms with Crippen LogP contribution in [0, 0.1) is 0 Å². The second kappa shape index (κ2) is 5.54. The van der Waals surface area contributed by atoms with Gasteiger partial charge in [0, 0.05) is 30.6 Å². The van der Waals surface area contributed by atoms with Crippen LogP contribution in [-0.4, -0.2) is 47.9 Å². The van der Waals surface area contributed by atoms with Gasteiger partial charge in [0.1, 0.15) is 0 Å². The number of imide groups is 1. The minimum atomic E-state index is -0.248. The summed E-state index contributed by atoms with van der Waals surface area (Å²) in [6.45, 7) is 4.89. The van der Waals surface area contributed by atoms with Crippen LogP contribution in [0.15, 0.2) is 11.4 Å². The van der Waals surface area contributed by atoms with E-state index in [4.69, 9.17) is 0 Å². The number of thiophene rings is 1. The molecule has 0 aromatic carbocycles. The quantitative estimate of drug-likeness (QED) is 0.858. The summed E-state index contributed by atoms with van der Waals surface area (Å²) in [5, 5.41) is 4.72. The second-order valence-corrected chi connectivity index (χ2v) is 6.32. The third-order valence-electron chi connectivity index (χ3n) is 4.17. The van der Waals surface area contributed by atoms with Gasteiger partial charge >= 0.3 is 6.03 Å². The van der Waals surface area contributed by atoms with Crippen molar-refractivity contribution in [1.29, 1.82) is 0 Å². The van der Waals surface area contributed by atoms with E-state index in [1.54, 1.807) is 0 Å². The molecule has 6 heteroatoms. The summed E-state index contributed by atoms with van der Waals surface area (Å²) in [6.07, 6.45) is 1.95. The molecule has 108 valence electrons. The van der Waals surface area contributed by atoms with Crippen molar-refractivity contribution in [2.24, 2.45) is 0 Å². The predicted octanol–water partition coefficient (Wildman–Crippen LogP) is 1.61. The zero-order valence-corrected chi connectivity index (χ0v) is 12.4. The van der Waals surface area contributed by atoms with Gasteiger partial charge in [0.05, 0.1) is 6.54 Å². The summed E-state index contributed by atoms with van der Waals surface area (Å²) in [4.78, 5) is 28.2. The highest BCUT2D eigenvalue weighted by atomic mass is 32.1. The molecule has 3 amide bonds. The number of carbonyl (C=O) groups is 2. The predicted molar refractivity (Wildman–Crippen MR) is 77.7 cm³/mol. The van der Waals surface area contributed by atoms with Crippen molar-refractivity contribution in [2.45, 2.75) is 25.8 Å². The van der Waals surface area contributed by atoms with Crippen molar-refractivity contribution < 1.29 is 9.59 Å². The van der Waals surface area contributed by atoms with Gasteiger partial charge in [-0.05, 0) is 36.8 Å². The largest absolute Gasteiger partial charge is 0.329 e. The van der Waals surface area contributed by atoms with Crippen molar-refractivity contribution >= 4 is 23.3 Å². The average Bonchev–Trinajstić information content (AvgIpc) is 3.02. The number of nitrogens with one attached hydrogen (secondary N) is 1. The van der Waals surface area contributed by atoms with Crippen LogP contribution in [0.2, 0.25) is 0 Å². The molecular formula is C14H19N3O2S. The molecule has 5 nitrogen and oxygen atoms in total. The zero-order valence-electron chi connectivity index (χ0n) is 11.6. The van der Waals surface area contributed by atoms with Crippen molar-refractivity contribution in [3.63, 3.8) is 0 Å². The molecule has 2 aliphatic rings. The van der Waals surface area contributed by atoms with E-state index < -0.39 is 0 Å². The van der Waals surface area contributed by atoms with E-state index in [9.17, 15) is 9.59 Å². The molecule has 1 atom stereocenters. The summed E-state index contributed by atoms with van der Waals surface area (Å²) in [5.41, 5.74) is 1.44. The van der Waals surface area contributed by atoms with Gasteiger partial charge in [0.15, 0.2) is 0 Å². The highest BCUT2D eigenvalue weighted by molar-refractivity contribution is 7.10. The van der Waals surface area contributed by atoms with E-state index in [1.165, 1.54) is 15.3 Å². The van der Waals surface area contributed by atoms with Crippen LogP contribution in [0.5, 0.6) is 0 Å². The molecule has 1 aromatic heterocycles. The fourth-order valence-electron chi connectivity index (χ4n) is 2.98. The molecule has 3 heterocycles. The van der Waals surface area contributed by atoms with E-state index in [1.807, 2.05) is 11.3 Å². The Morgan fingerprint density at radius 3 is 3.00 bits per heavy atom. The van der Waals surface area contributed by atoms with Crippen LogP contribution in [-0.2, 0) is 11.2 Å². The highest BCUT2D eigenvalue weighted by Gasteiger charge is 2.29. The lowest BCUT2D eigenvalue weighted by molar-refractivity contribution is -0.125. The molecular weight excluding hydrogens is 274 g/mol. The van der Waals surface area contributed by atoms with Crippen molar-refractivity contribution in [3.8, 4) is 0 Å². The van der Waals surface area contributed by atoms with E-state index >= 15 is 0 Å². The standard InChI is InChI=1S/C14H19N3O2S/c1-10-11-4-8-20-12(11)3-7-16(10)5-2-6-17-13(18)9-15-14(17)19/h4,8,10H,2-3,5-7,9H2,1H3,(H,15,19). The minimum absolute atomic E-state index is 0.109. The molecule has 1 unspecified atom stereocenters. The van der Waals surface area contributed by atoms with Gasteiger partial charge in [0.2, 0.25) is 5.91 Å². The number of carbonyl (C=O) groups excluding carboxylic acids is 2. The Labute approximate surface area is 122 Å². The van der Waals surface area contributed by atoms with E-state index in [2.05, 4.69) is 28.6 Å². The normalized spacial score (nSPS) is 23.1. The first kappa shape index (κ1) is 13.6. The van der Waals surface area contributed by atoms with Crippen LogP contribution < -0.4 is 5.32 Å². The van der Waals surface area contributed by atoms with Gasteiger partial charge in [-0.2, -0.15) is 0 Å². The van der Waals surface area contributed by atoms with Crippen LogP contribution >= 0.6 is 11.3 Å². The third kappa shape index (κ3) is 2.45. The second-order valence-electron chi connectivity index (χ2n) is 5.32. The monoisotopic (exact) mass is 293 g/mol. The first-order valence-corrected chi connectivity index (χ1v) is 7.93. The molecule has 1 fully saturated rings. The average molecular weight is 293 g/mol. The van der Waals surface area contributed by atoms with Crippen LogP contribution in [0.1, 0.15) is 29.8 Å². The summed E-state index contributed by atoms with van der Waals surface area (Å²) in [7, 11) is 0. The lowest BCUT2D eigenvalue weighted by Crippen LogP contribution is -2.37. The fraction of sp³-hybridized carbons (Fsp3) is 0.571. The number of hydrogen-bond acceptors (Lipinski definition) is 4. The molecule has 0 radical (unpaired) electrons. The Morgan fingerprint density at radius 1 is 1.40 bits per heavy atom. The third-order valence-corrected chi connectivity index (χ3v) is 5.16.